The van der Waals surface area contributed by atoms with E-state index in [4.69, 9.17) is 4.74 Å². The standard InChI is InChI=1S/C21H23N3O3/c1-27-17-10-6-15(7-11-17)22-19-5-3-2-4-18(19)21(26)23-12-13-24(16-8-9-16)20(25)14-23/h2-7,10-11,16,22H,8-9,12-14H2,1H3. The lowest BCUT2D eigenvalue weighted by atomic mass is 10.1. The molecule has 27 heavy (non-hydrogen) atoms. The number of hydrogen-bond donors (Lipinski definition) is 1. The second-order valence-electron chi connectivity index (χ2n) is 6.94. The second kappa shape index (κ2) is 7.31. The van der Waals surface area contributed by atoms with Crippen LogP contribution in [0.5, 0.6) is 5.75 Å². The van der Waals surface area contributed by atoms with Crippen molar-refractivity contribution >= 4 is 23.2 Å². The fraction of sp³-hybridized carbons (Fsp3) is 0.333. The van der Waals surface area contributed by atoms with Gasteiger partial charge in [-0.05, 0) is 49.2 Å². The number of hydrogen-bond acceptors (Lipinski definition) is 4. The Labute approximate surface area is 158 Å². The van der Waals surface area contributed by atoms with Crippen LogP contribution in [0.15, 0.2) is 48.5 Å². The summed E-state index contributed by atoms with van der Waals surface area (Å²) in [6, 6.07) is 15.3. The normalized spacial score (nSPS) is 17.0. The fourth-order valence-electron chi connectivity index (χ4n) is 3.41. The van der Waals surface area contributed by atoms with Crippen molar-refractivity contribution in [3.8, 4) is 5.75 Å². The van der Waals surface area contributed by atoms with Crippen molar-refractivity contribution in [3.63, 3.8) is 0 Å². The van der Waals surface area contributed by atoms with Crippen LogP contribution >= 0.6 is 0 Å². The van der Waals surface area contributed by atoms with Gasteiger partial charge in [-0.1, -0.05) is 12.1 Å². The molecule has 2 fully saturated rings. The molecule has 0 radical (unpaired) electrons. The summed E-state index contributed by atoms with van der Waals surface area (Å²) in [6.07, 6.45) is 2.18. The van der Waals surface area contributed by atoms with Gasteiger partial charge in [0.2, 0.25) is 5.91 Å². The third-order valence-electron chi connectivity index (χ3n) is 5.06. The monoisotopic (exact) mass is 365 g/mol. The molecule has 2 amide bonds. The Hall–Kier alpha value is -3.02. The maximum absolute atomic E-state index is 13.0. The lowest BCUT2D eigenvalue weighted by Gasteiger charge is -2.34. The number of anilines is 2. The van der Waals surface area contributed by atoms with E-state index in [-0.39, 0.29) is 18.4 Å². The number of carbonyl (C=O) groups is 2. The van der Waals surface area contributed by atoms with E-state index in [9.17, 15) is 9.59 Å². The molecular weight excluding hydrogens is 342 g/mol. The number of piperazine rings is 1. The third-order valence-corrected chi connectivity index (χ3v) is 5.06. The summed E-state index contributed by atoms with van der Waals surface area (Å²) in [5, 5.41) is 3.29. The van der Waals surface area contributed by atoms with Gasteiger partial charge in [0.15, 0.2) is 0 Å². The highest BCUT2D eigenvalue weighted by Crippen LogP contribution is 2.29. The van der Waals surface area contributed by atoms with Crippen molar-refractivity contribution in [1.82, 2.24) is 9.80 Å². The van der Waals surface area contributed by atoms with Crippen LogP contribution in [0.3, 0.4) is 0 Å². The highest BCUT2D eigenvalue weighted by Gasteiger charge is 2.37. The summed E-state index contributed by atoms with van der Waals surface area (Å²) in [7, 11) is 1.63. The van der Waals surface area contributed by atoms with Crippen molar-refractivity contribution in [1.29, 1.82) is 0 Å². The number of methoxy groups -OCH3 is 1. The van der Waals surface area contributed by atoms with Crippen LogP contribution in [0.4, 0.5) is 11.4 Å². The minimum Gasteiger partial charge on any atom is -0.497 e. The van der Waals surface area contributed by atoms with Gasteiger partial charge in [0.25, 0.3) is 5.91 Å². The fourth-order valence-corrected chi connectivity index (χ4v) is 3.41. The van der Waals surface area contributed by atoms with Gasteiger partial charge in [0.1, 0.15) is 12.3 Å². The van der Waals surface area contributed by atoms with Crippen molar-refractivity contribution in [2.75, 3.05) is 32.1 Å². The van der Waals surface area contributed by atoms with Crippen molar-refractivity contribution in [2.24, 2.45) is 0 Å². The second-order valence-corrected chi connectivity index (χ2v) is 6.94. The van der Waals surface area contributed by atoms with E-state index >= 15 is 0 Å². The molecule has 140 valence electrons. The molecule has 0 spiro atoms. The zero-order valence-electron chi connectivity index (χ0n) is 15.4. The lowest BCUT2D eigenvalue weighted by Crippen LogP contribution is -2.52. The Morgan fingerprint density at radius 2 is 1.81 bits per heavy atom. The van der Waals surface area contributed by atoms with Crippen molar-refractivity contribution < 1.29 is 14.3 Å². The van der Waals surface area contributed by atoms with Gasteiger partial charge in [0.05, 0.1) is 18.4 Å². The number of para-hydroxylation sites is 1. The van der Waals surface area contributed by atoms with Gasteiger partial charge in [-0.3, -0.25) is 9.59 Å². The van der Waals surface area contributed by atoms with E-state index in [0.717, 1.165) is 30.0 Å². The largest absolute Gasteiger partial charge is 0.497 e. The van der Waals surface area contributed by atoms with E-state index in [0.29, 0.717) is 24.7 Å². The Bertz CT molecular complexity index is 846. The van der Waals surface area contributed by atoms with E-state index in [2.05, 4.69) is 5.32 Å². The summed E-state index contributed by atoms with van der Waals surface area (Å²) < 4.78 is 5.18. The Morgan fingerprint density at radius 3 is 2.48 bits per heavy atom. The van der Waals surface area contributed by atoms with Crippen molar-refractivity contribution in [3.05, 3.63) is 54.1 Å². The first-order valence-corrected chi connectivity index (χ1v) is 9.24. The molecule has 0 unspecified atom stereocenters. The Kier molecular flexibility index (Phi) is 4.71. The molecule has 0 aromatic heterocycles. The van der Waals surface area contributed by atoms with Crippen LogP contribution in [0, 0.1) is 0 Å². The van der Waals surface area contributed by atoms with Crippen LogP contribution in [0.1, 0.15) is 23.2 Å². The summed E-state index contributed by atoms with van der Waals surface area (Å²) in [5.74, 6) is 0.713. The topological polar surface area (TPSA) is 61.9 Å². The third kappa shape index (κ3) is 3.74. The van der Waals surface area contributed by atoms with E-state index in [1.54, 1.807) is 18.1 Å². The molecule has 4 rings (SSSR count). The van der Waals surface area contributed by atoms with E-state index in [1.807, 2.05) is 47.4 Å². The molecule has 1 aliphatic carbocycles. The molecule has 6 heteroatoms. The van der Waals surface area contributed by atoms with E-state index < -0.39 is 0 Å². The maximum Gasteiger partial charge on any atom is 0.256 e. The molecule has 1 N–H and O–H groups in total. The molecular formula is C21H23N3O3. The van der Waals surface area contributed by atoms with Gasteiger partial charge in [-0.25, -0.2) is 0 Å². The quantitative estimate of drug-likeness (QED) is 0.885. The number of nitrogens with one attached hydrogen (secondary N) is 1. The van der Waals surface area contributed by atoms with Crippen molar-refractivity contribution in [2.45, 2.75) is 18.9 Å². The molecule has 0 atom stereocenters. The Morgan fingerprint density at radius 1 is 1.07 bits per heavy atom. The maximum atomic E-state index is 13.0. The van der Waals surface area contributed by atoms with Gasteiger partial charge in [-0.2, -0.15) is 0 Å². The molecule has 2 aromatic carbocycles. The molecule has 2 aromatic rings. The number of amides is 2. The predicted molar refractivity (Wildman–Crippen MR) is 103 cm³/mol. The number of nitrogens with zero attached hydrogens (tertiary/aromatic N) is 2. The zero-order valence-corrected chi connectivity index (χ0v) is 15.4. The number of benzene rings is 2. The van der Waals surface area contributed by atoms with E-state index in [1.165, 1.54) is 0 Å². The Balaban J connectivity index is 1.49. The van der Waals surface area contributed by atoms with Gasteiger partial charge < -0.3 is 19.9 Å². The number of rotatable bonds is 5. The van der Waals surface area contributed by atoms with Crippen LogP contribution in [-0.4, -0.2) is 54.4 Å². The lowest BCUT2D eigenvalue weighted by molar-refractivity contribution is -0.135. The predicted octanol–water partition coefficient (Wildman–Crippen LogP) is 2.89. The number of ether oxygens (including phenoxy) is 1. The van der Waals surface area contributed by atoms with Crippen LogP contribution in [0.2, 0.25) is 0 Å². The van der Waals surface area contributed by atoms with Crippen LogP contribution in [-0.2, 0) is 4.79 Å². The number of carbonyl (C=O) groups excluding carboxylic acids is 2. The summed E-state index contributed by atoms with van der Waals surface area (Å²) in [4.78, 5) is 29.0. The molecule has 2 aliphatic rings. The smallest absolute Gasteiger partial charge is 0.256 e. The summed E-state index contributed by atoms with van der Waals surface area (Å²) >= 11 is 0. The summed E-state index contributed by atoms with van der Waals surface area (Å²) in [6.45, 7) is 1.37. The molecule has 1 saturated heterocycles. The molecule has 1 heterocycles. The first-order valence-electron chi connectivity index (χ1n) is 9.24. The van der Waals surface area contributed by atoms with Gasteiger partial charge in [0, 0.05) is 24.8 Å². The first kappa shape index (κ1) is 17.4. The zero-order chi connectivity index (χ0) is 18.8. The molecule has 1 aliphatic heterocycles. The van der Waals surface area contributed by atoms with Gasteiger partial charge in [-0.15, -0.1) is 0 Å². The SMILES string of the molecule is COc1ccc(Nc2ccccc2C(=O)N2CCN(C3CC3)C(=O)C2)cc1. The van der Waals surface area contributed by atoms with Crippen LogP contribution in [0.25, 0.3) is 0 Å². The average Bonchev–Trinajstić information content (AvgIpc) is 3.53. The summed E-state index contributed by atoms with van der Waals surface area (Å²) in [5.41, 5.74) is 2.16. The van der Waals surface area contributed by atoms with Gasteiger partial charge >= 0.3 is 0 Å². The average molecular weight is 365 g/mol. The van der Waals surface area contributed by atoms with Crippen LogP contribution < -0.4 is 10.1 Å². The molecule has 1 saturated carbocycles. The highest BCUT2D eigenvalue weighted by molar-refractivity contribution is 6.02. The molecule has 6 nitrogen and oxygen atoms in total. The first-order chi connectivity index (χ1) is 13.2. The highest BCUT2D eigenvalue weighted by atomic mass is 16.5. The molecule has 0 bridgehead atoms. The minimum atomic E-state index is -0.115. The minimum absolute atomic E-state index is 0.0534.